The summed E-state index contributed by atoms with van der Waals surface area (Å²) in [5, 5.41) is 0.425. The second-order valence-electron chi connectivity index (χ2n) is 5.23. The molecule has 1 aromatic heterocycles. The molecular formula is C16H15BrClF3N2O. The number of rotatable bonds is 5. The minimum absolute atomic E-state index is 0.176. The lowest BCUT2D eigenvalue weighted by Gasteiger charge is -2.25. The molecule has 0 saturated heterocycles. The van der Waals surface area contributed by atoms with E-state index in [0.717, 1.165) is 6.07 Å². The fraction of sp³-hybridized carbons (Fsp3) is 0.312. The predicted octanol–water partition coefficient (Wildman–Crippen LogP) is 5.44. The molecule has 8 heteroatoms. The Morgan fingerprint density at radius 3 is 2.62 bits per heavy atom. The highest BCUT2D eigenvalue weighted by molar-refractivity contribution is 9.10. The first kappa shape index (κ1) is 19.0. The zero-order valence-corrected chi connectivity index (χ0v) is 15.3. The summed E-state index contributed by atoms with van der Waals surface area (Å²) in [6.45, 7) is 1.84. The first-order valence-electron chi connectivity index (χ1n) is 6.94. The van der Waals surface area contributed by atoms with Crippen LogP contribution in [0.5, 0.6) is 0 Å². The fourth-order valence-electron chi connectivity index (χ4n) is 2.28. The average Bonchev–Trinajstić information content (AvgIpc) is 2.50. The summed E-state index contributed by atoms with van der Waals surface area (Å²) >= 11 is 9.30. The highest BCUT2D eigenvalue weighted by atomic mass is 79.9. The van der Waals surface area contributed by atoms with E-state index in [1.165, 1.54) is 26.3 Å². The number of hydrogen-bond acceptors (Lipinski definition) is 3. The van der Waals surface area contributed by atoms with Crippen LogP contribution in [0.4, 0.5) is 18.9 Å². The van der Waals surface area contributed by atoms with Crippen molar-refractivity contribution in [3.05, 3.63) is 56.8 Å². The van der Waals surface area contributed by atoms with Gasteiger partial charge in [-0.1, -0.05) is 23.7 Å². The number of alkyl halides is 3. The van der Waals surface area contributed by atoms with Gasteiger partial charge in [0, 0.05) is 19.9 Å². The van der Waals surface area contributed by atoms with Crippen molar-refractivity contribution in [2.75, 3.05) is 18.7 Å². The molecule has 0 bridgehead atoms. The van der Waals surface area contributed by atoms with Crippen LogP contribution in [0.1, 0.15) is 16.7 Å². The first-order valence-corrected chi connectivity index (χ1v) is 8.11. The Morgan fingerprint density at radius 1 is 1.29 bits per heavy atom. The van der Waals surface area contributed by atoms with Crippen molar-refractivity contribution < 1.29 is 17.9 Å². The van der Waals surface area contributed by atoms with Gasteiger partial charge in [0.15, 0.2) is 0 Å². The molecule has 0 saturated carbocycles. The average molecular weight is 424 g/mol. The highest BCUT2D eigenvalue weighted by Gasteiger charge is 2.32. The van der Waals surface area contributed by atoms with Gasteiger partial charge in [0.05, 0.1) is 16.3 Å². The lowest BCUT2D eigenvalue weighted by molar-refractivity contribution is -0.138. The van der Waals surface area contributed by atoms with E-state index in [1.807, 2.05) is 0 Å². The van der Waals surface area contributed by atoms with Gasteiger partial charge in [0.2, 0.25) is 0 Å². The van der Waals surface area contributed by atoms with Gasteiger partial charge in [-0.2, -0.15) is 13.2 Å². The maximum atomic E-state index is 13.1. The Morgan fingerprint density at radius 2 is 2.00 bits per heavy atom. The summed E-state index contributed by atoms with van der Waals surface area (Å²) in [5.41, 5.74) is 0.700. The number of halogens is 5. The van der Waals surface area contributed by atoms with Crippen molar-refractivity contribution in [2.45, 2.75) is 19.6 Å². The van der Waals surface area contributed by atoms with Crippen LogP contribution in [0.2, 0.25) is 5.02 Å². The van der Waals surface area contributed by atoms with Gasteiger partial charge < -0.3 is 9.64 Å². The molecule has 0 aliphatic heterocycles. The van der Waals surface area contributed by atoms with E-state index in [2.05, 4.69) is 20.9 Å². The molecule has 0 radical (unpaired) electrons. The molecule has 2 aromatic rings. The Labute approximate surface area is 151 Å². The van der Waals surface area contributed by atoms with Crippen molar-refractivity contribution >= 4 is 33.2 Å². The molecule has 0 unspecified atom stereocenters. The van der Waals surface area contributed by atoms with Gasteiger partial charge in [0.25, 0.3) is 0 Å². The van der Waals surface area contributed by atoms with Crippen LogP contribution >= 0.6 is 27.5 Å². The number of anilines is 1. The molecule has 2 rings (SSSR count). The zero-order chi connectivity index (χ0) is 17.9. The number of aromatic nitrogens is 1. The number of benzene rings is 1. The summed E-state index contributed by atoms with van der Waals surface area (Å²) in [5.74, 6) is 0. The van der Waals surface area contributed by atoms with E-state index in [4.69, 9.17) is 16.3 Å². The Kier molecular flexibility index (Phi) is 6.11. The highest BCUT2D eigenvalue weighted by Crippen LogP contribution is 2.33. The van der Waals surface area contributed by atoms with Crippen molar-refractivity contribution in [1.29, 1.82) is 0 Å². The van der Waals surface area contributed by atoms with Crippen molar-refractivity contribution in [3.63, 3.8) is 0 Å². The van der Waals surface area contributed by atoms with Crippen LogP contribution in [0.15, 0.2) is 35.1 Å². The summed E-state index contributed by atoms with van der Waals surface area (Å²) in [4.78, 5) is 5.85. The van der Waals surface area contributed by atoms with E-state index in [9.17, 15) is 13.2 Å². The third kappa shape index (κ3) is 4.62. The molecular weight excluding hydrogens is 409 g/mol. The number of pyridine rings is 1. The van der Waals surface area contributed by atoms with E-state index in [-0.39, 0.29) is 18.8 Å². The molecule has 3 nitrogen and oxygen atoms in total. The lowest BCUT2D eigenvalue weighted by atomic mass is 10.0. The maximum Gasteiger partial charge on any atom is 0.416 e. The summed E-state index contributed by atoms with van der Waals surface area (Å²) in [6.07, 6.45) is -2.90. The van der Waals surface area contributed by atoms with Gasteiger partial charge >= 0.3 is 6.18 Å². The van der Waals surface area contributed by atoms with Crippen molar-refractivity contribution in [2.24, 2.45) is 0 Å². The lowest BCUT2D eigenvalue weighted by Crippen LogP contribution is -2.26. The van der Waals surface area contributed by atoms with Crippen molar-refractivity contribution in [3.8, 4) is 0 Å². The van der Waals surface area contributed by atoms with Crippen LogP contribution in [0, 0.1) is 6.92 Å². The summed E-state index contributed by atoms with van der Waals surface area (Å²) in [7, 11) is 1.51. The number of ether oxygens (including phenoxy) is 1. The summed E-state index contributed by atoms with van der Waals surface area (Å²) in [6, 6.07) is 5.97. The molecule has 130 valence electrons. The number of hydrogen-bond donors (Lipinski definition) is 0. The van der Waals surface area contributed by atoms with Gasteiger partial charge in [-0.25, -0.2) is 4.98 Å². The largest absolute Gasteiger partial charge is 0.416 e. The standard InChI is InChI=1S/C16H15BrClF3N2O/c1-10-3-4-11(5-13(10)16(19,20)21)8-23(9-24-2)14-6-12(18)7-22-15(14)17/h3-7H,8-9H2,1-2H3. The normalized spacial score (nSPS) is 11.6. The molecule has 1 aromatic carbocycles. The van der Waals surface area contributed by atoms with Crippen LogP contribution < -0.4 is 4.90 Å². The summed E-state index contributed by atoms with van der Waals surface area (Å²) < 4.78 is 44.9. The second kappa shape index (κ2) is 7.72. The second-order valence-corrected chi connectivity index (χ2v) is 6.41. The maximum absolute atomic E-state index is 13.1. The number of aryl methyl sites for hydroxylation is 1. The van der Waals surface area contributed by atoms with Gasteiger partial charge in [0.1, 0.15) is 11.3 Å². The predicted molar refractivity (Wildman–Crippen MR) is 91.2 cm³/mol. The third-order valence-corrected chi connectivity index (χ3v) is 4.21. The molecule has 0 aliphatic carbocycles. The van der Waals surface area contributed by atoms with E-state index in [0.29, 0.717) is 20.9 Å². The molecule has 0 amide bonds. The molecule has 1 heterocycles. The first-order chi connectivity index (χ1) is 11.2. The van der Waals surface area contributed by atoms with Gasteiger partial charge in [-0.05, 0) is 46.1 Å². The molecule has 0 N–H and O–H groups in total. The fourth-order valence-corrected chi connectivity index (χ4v) is 2.90. The molecule has 0 spiro atoms. The van der Waals surface area contributed by atoms with Crippen LogP contribution in [-0.2, 0) is 17.5 Å². The molecule has 0 aliphatic rings. The van der Waals surface area contributed by atoms with Crippen LogP contribution in [0.3, 0.4) is 0 Å². The smallest absolute Gasteiger partial charge is 0.364 e. The monoisotopic (exact) mass is 422 g/mol. The quantitative estimate of drug-likeness (QED) is 0.473. The number of methoxy groups -OCH3 is 1. The minimum atomic E-state index is -4.38. The van der Waals surface area contributed by atoms with Crippen LogP contribution in [0.25, 0.3) is 0 Å². The molecule has 24 heavy (non-hydrogen) atoms. The van der Waals surface area contributed by atoms with Crippen LogP contribution in [-0.4, -0.2) is 18.8 Å². The Hall–Kier alpha value is -1.31. The van der Waals surface area contributed by atoms with Gasteiger partial charge in [-0.15, -0.1) is 0 Å². The Balaban J connectivity index is 2.36. The van der Waals surface area contributed by atoms with E-state index >= 15 is 0 Å². The topological polar surface area (TPSA) is 25.4 Å². The number of nitrogens with zero attached hydrogens (tertiary/aromatic N) is 2. The van der Waals surface area contributed by atoms with Crippen molar-refractivity contribution in [1.82, 2.24) is 4.98 Å². The molecule has 0 atom stereocenters. The van der Waals surface area contributed by atoms with E-state index in [1.54, 1.807) is 17.0 Å². The SMILES string of the molecule is COCN(Cc1ccc(C)c(C(F)(F)F)c1)c1cc(Cl)cnc1Br. The third-order valence-electron chi connectivity index (χ3n) is 3.39. The molecule has 0 fully saturated rings. The van der Waals surface area contributed by atoms with Gasteiger partial charge in [-0.3, -0.25) is 0 Å². The minimum Gasteiger partial charge on any atom is -0.364 e. The van der Waals surface area contributed by atoms with E-state index < -0.39 is 11.7 Å². The Bertz CT molecular complexity index is 725. The zero-order valence-electron chi connectivity index (χ0n) is 13.0.